The van der Waals surface area contributed by atoms with E-state index in [-0.39, 0.29) is 0 Å². The fourth-order valence-electron chi connectivity index (χ4n) is 4.64. The minimum atomic E-state index is 0.469. The smallest absolute Gasteiger partial charge is 0.228 e. The minimum Gasteiger partial charge on any atom is -0.497 e. The van der Waals surface area contributed by atoms with Crippen LogP contribution >= 0.6 is 0 Å². The second-order valence-corrected chi connectivity index (χ2v) is 8.93. The molecular formula is C32H24N6O2. The fourth-order valence-corrected chi connectivity index (χ4v) is 4.64. The average Bonchev–Trinajstić information content (AvgIpc) is 3.41. The minimum absolute atomic E-state index is 0.469. The Labute approximate surface area is 231 Å². The summed E-state index contributed by atoms with van der Waals surface area (Å²) in [4.78, 5) is 9.56. The highest BCUT2D eigenvalue weighted by Crippen LogP contribution is 2.42. The number of methoxy groups -OCH3 is 2. The number of nitrogens with one attached hydrogen (secondary N) is 1. The third-order valence-corrected chi connectivity index (χ3v) is 6.54. The number of aromatic nitrogens is 4. The van der Waals surface area contributed by atoms with E-state index >= 15 is 0 Å². The summed E-state index contributed by atoms with van der Waals surface area (Å²) in [7, 11) is 3.25. The lowest BCUT2D eigenvalue weighted by molar-refractivity contribution is 0.387. The summed E-state index contributed by atoms with van der Waals surface area (Å²) in [5.74, 6) is 2.31. The number of benzene rings is 3. The van der Waals surface area contributed by atoms with Crippen LogP contribution in [0, 0.1) is 11.3 Å². The zero-order valence-electron chi connectivity index (χ0n) is 21.9. The van der Waals surface area contributed by atoms with Gasteiger partial charge in [-0.1, -0.05) is 72.8 Å². The zero-order chi connectivity index (χ0) is 27.5. The summed E-state index contributed by atoms with van der Waals surface area (Å²) in [6, 6.07) is 33.3. The zero-order valence-corrected chi connectivity index (χ0v) is 21.9. The summed E-state index contributed by atoms with van der Waals surface area (Å²) in [5, 5.41) is 17.6. The Morgan fingerprint density at radius 3 is 2.02 bits per heavy atom. The van der Waals surface area contributed by atoms with Crippen LogP contribution in [0.4, 0.5) is 11.6 Å². The molecule has 0 aliphatic carbocycles. The van der Waals surface area contributed by atoms with Gasteiger partial charge < -0.3 is 14.8 Å². The lowest BCUT2D eigenvalue weighted by Gasteiger charge is -2.16. The van der Waals surface area contributed by atoms with E-state index in [4.69, 9.17) is 19.6 Å². The van der Waals surface area contributed by atoms with E-state index in [1.165, 1.54) is 6.20 Å². The summed E-state index contributed by atoms with van der Waals surface area (Å²) < 4.78 is 13.2. The average molecular weight is 525 g/mol. The highest BCUT2D eigenvalue weighted by molar-refractivity contribution is 5.94. The molecule has 1 N–H and O–H groups in total. The normalized spacial score (nSPS) is 10.7. The second-order valence-electron chi connectivity index (χ2n) is 8.93. The molecule has 0 atom stereocenters. The molecule has 6 aromatic rings. The first kappa shape index (κ1) is 24.6. The molecule has 40 heavy (non-hydrogen) atoms. The fraction of sp³-hybridized carbons (Fsp3) is 0.0625. The predicted molar refractivity (Wildman–Crippen MR) is 155 cm³/mol. The largest absolute Gasteiger partial charge is 0.497 e. The van der Waals surface area contributed by atoms with E-state index in [9.17, 15) is 5.26 Å². The number of anilines is 2. The van der Waals surface area contributed by atoms with Crippen molar-refractivity contribution in [1.29, 1.82) is 5.26 Å². The topological polar surface area (TPSA) is 97.4 Å². The molecule has 0 bridgehead atoms. The standard InChI is InChI=1S/C32H24N6O2/c1-39-25-16-14-23(15-17-25)28-30(35-26-18-13-21(19-33)20-34-26)36-31-27(22-9-5-3-6-10-22)29(24-11-7-4-8-12-24)37-38(31)32(28)40-2/h3-18,20H,1-2H3,(H,34,35,36). The van der Waals surface area contributed by atoms with Gasteiger partial charge in [0.1, 0.15) is 29.1 Å². The molecular weight excluding hydrogens is 500 g/mol. The van der Waals surface area contributed by atoms with Gasteiger partial charge in [0.2, 0.25) is 5.88 Å². The van der Waals surface area contributed by atoms with Gasteiger partial charge in [0, 0.05) is 11.8 Å². The number of hydrogen-bond donors (Lipinski definition) is 1. The number of fused-ring (bicyclic) bond motifs is 1. The maximum absolute atomic E-state index is 9.22. The third-order valence-electron chi connectivity index (χ3n) is 6.54. The van der Waals surface area contributed by atoms with Crippen molar-refractivity contribution in [2.24, 2.45) is 0 Å². The van der Waals surface area contributed by atoms with E-state index in [0.29, 0.717) is 34.3 Å². The Hall–Kier alpha value is -5.68. The summed E-state index contributed by atoms with van der Waals surface area (Å²) in [5.41, 5.74) is 6.24. The molecule has 3 aromatic carbocycles. The van der Waals surface area contributed by atoms with Crippen molar-refractivity contribution in [1.82, 2.24) is 19.6 Å². The molecule has 0 fully saturated rings. The Balaban J connectivity index is 1.67. The second kappa shape index (κ2) is 10.6. The number of rotatable bonds is 7. The van der Waals surface area contributed by atoms with Crippen molar-refractivity contribution < 1.29 is 9.47 Å². The molecule has 0 saturated heterocycles. The van der Waals surface area contributed by atoms with Crippen LogP contribution in [-0.2, 0) is 0 Å². The Morgan fingerprint density at radius 2 is 1.43 bits per heavy atom. The highest BCUT2D eigenvalue weighted by Gasteiger charge is 2.25. The quantitative estimate of drug-likeness (QED) is 0.246. The van der Waals surface area contributed by atoms with E-state index in [2.05, 4.69) is 16.4 Å². The molecule has 3 heterocycles. The van der Waals surface area contributed by atoms with Crippen molar-refractivity contribution in [2.45, 2.75) is 0 Å². The van der Waals surface area contributed by atoms with Crippen LogP contribution in [0.3, 0.4) is 0 Å². The van der Waals surface area contributed by atoms with Crippen LogP contribution in [0.15, 0.2) is 103 Å². The Kier molecular flexibility index (Phi) is 6.53. The van der Waals surface area contributed by atoms with Crippen molar-refractivity contribution in [3.05, 3.63) is 109 Å². The number of nitrogens with zero attached hydrogens (tertiary/aromatic N) is 5. The van der Waals surface area contributed by atoms with E-state index in [1.54, 1.807) is 30.9 Å². The molecule has 0 spiro atoms. The van der Waals surface area contributed by atoms with Crippen molar-refractivity contribution >= 4 is 17.3 Å². The summed E-state index contributed by atoms with van der Waals surface area (Å²) in [6.45, 7) is 0. The lowest BCUT2D eigenvalue weighted by atomic mass is 10.0. The third kappa shape index (κ3) is 4.46. The molecule has 194 valence electrons. The van der Waals surface area contributed by atoms with Crippen LogP contribution in [0.25, 0.3) is 39.2 Å². The van der Waals surface area contributed by atoms with Gasteiger partial charge in [-0.2, -0.15) is 14.9 Å². The maximum Gasteiger partial charge on any atom is 0.228 e. The van der Waals surface area contributed by atoms with Crippen LogP contribution in [0.1, 0.15) is 5.56 Å². The summed E-state index contributed by atoms with van der Waals surface area (Å²) in [6.07, 6.45) is 1.52. The number of ether oxygens (including phenoxy) is 2. The SMILES string of the molecule is COc1ccc(-c2c(Nc3ccc(C#N)cn3)nc3c(-c4ccccc4)c(-c4ccccc4)nn3c2OC)cc1. The number of nitriles is 1. The van der Waals surface area contributed by atoms with Crippen LogP contribution in [0.5, 0.6) is 11.6 Å². The monoisotopic (exact) mass is 524 g/mol. The van der Waals surface area contributed by atoms with Crippen LogP contribution in [-0.4, -0.2) is 33.8 Å². The van der Waals surface area contributed by atoms with Gasteiger partial charge in [-0.05, 0) is 35.4 Å². The van der Waals surface area contributed by atoms with Crippen molar-refractivity contribution in [2.75, 3.05) is 19.5 Å². The van der Waals surface area contributed by atoms with Gasteiger partial charge >= 0.3 is 0 Å². The first-order valence-electron chi connectivity index (χ1n) is 12.6. The van der Waals surface area contributed by atoms with Gasteiger partial charge in [0.15, 0.2) is 5.65 Å². The molecule has 0 unspecified atom stereocenters. The molecule has 0 amide bonds. The molecule has 6 rings (SSSR count). The molecule has 0 aliphatic heterocycles. The van der Waals surface area contributed by atoms with E-state index < -0.39 is 0 Å². The molecule has 3 aromatic heterocycles. The molecule has 8 heteroatoms. The van der Waals surface area contributed by atoms with Gasteiger partial charge in [0.05, 0.1) is 30.9 Å². The highest BCUT2D eigenvalue weighted by atomic mass is 16.5. The van der Waals surface area contributed by atoms with E-state index in [0.717, 1.165) is 33.7 Å². The number of pyridine rings is 1. The van der Waals surface area contributed by atoms with Gasteiger partial charge in [-0.25, -0.2) is 9.97 Å². The van der Waals surface area contributed by atoms with Gasteiger partial charge in [-0.3, -0.25) is 0 Å². The molecule has 0 radical (unpaired) electrons. The predicted octanol–water partition coefficient (Wildman–Crippen LogP) is 6.76. The number of hydrogen-bond acceptors (Lipinski definition) is 7. The maximum atomic E-state index is 9.22. The van der Waals surface area contributed by atoms with E-state index in [1.807, 2.05) is 84.9 Å². The van der Waals surface area contributed by atoms with Crippen molar-refractivity contribution in [3.63, 3.8) is 0 Å². The first-order valence-corrected chi connectivity index (χ1v) is 12.6. The molecule has 0 saturated carbocycles. The Bertz CT molecular complexity index is 1830. The Morgan fingerprint density at radius 1 is 0.750 bits per heavy atom. The van der Waals surface area contributed by atoms with Gasteiger partial charge in [0.25, 0.3) is 0 Å². The lowest BCUT2D eigenvalue weighted by Crippen LogP contribution is -2.06. The molecule has 0 aliphatic rings. The summed E-state index contributed by atoms with van der Waals surface area (Å²) >= 11 is 0. The van der Waals surface area contributed by atoms with Crippen LogP contribution < -0.4 is 14.8 Å². The van der Waals surface area contributed by atoms with Gasteiger partial charge in [-0.15, -0.1) is 0 Å². The van der Waals surface area contributed by atoms with Crippen molar-refractivity contribution in [3.8, 4) is 51.2 Å². The molecule has 8 nitrogen and oxygen atoms in total. The van der Waals surface area contributed by atoms with Crippen LogP contribution in [0.2, 0.25) is 0 Å². The first-order chi connectivity index (χ1) is 19.7.